The molecule has 37 heavy (non-hydrogen) atoms. The normalized spacial score (nSPS) is 15.2. The lowest BCUT2D eigenvalue weighted by Crippen LogP contribution is -2.37. The molecule has 3 aromatic rings. The summed E-state index contributed by atoms with van der Waals surface area (Å²) in [5.74, 6) is 0.535. The molecule has 2 aliphatic heterocycles. The van der Waals surface area contributed by atoms with Crippen molar-refractivity contribution in [2.75, 3.05) is 19.6 Å². The van der Waals surface area contributed by atoms with E-state index in [-0.39, 0.29) is 24.2 Å². The van der Waals surface area contributed by atoms with Crippen molar-refractivity contribution in [3.63, 3.8) is 0 Å². The Morgan fingerprint density at radius 1 is 1.19 bits per heavy atom. The van der Waals surface area contributed by atoms with Gasteiger partial charge in [-0.3, -0.25) is 14.0 Å². The molecule has 2 aliphatic rings. The molecule has 0 saturated carbocycles. The van der Waals surface area contributed by atoms with E-state index in [1.54, 1.807) is 30.5 Å². The van der Waals surface area contributed by atoms with Crippen LogP contribution in [0.3, 0.4) is 0 Å². The highest BCUT2D eigenvalue weighted by Gasteiger charge is 2.22. The lowest BCUT2D eigenvalue weighted by molar-refractivity contribution is -0.127. The fourth-order valence-corrected chi connectivity index (χ4v) is 5.71. The second-order valence-corrected chi connectivity index (χ2v) is 10.2. The van der Waals surface area contributed by atoms with E-state index in [9.17, 15) is 9.59 Å². The number of nitriles is 1. The minimum atomic E-state index is -0.0445. The van der Waals surface area contributed by atoms with Gasteiger partial charge in [-0.05, 0) is 73.6 Å². The van der Waals surface area contributed by atoms with Gasteiger partial charge in [0.15, 0.2) is 0 Å². The molecule has 0 spiro atoms. The second kappa shape index (κ2) is 12.1. The standard InChI is InChI=1S/C28H27N5O2S.ClH/c29-18-22-5-1-4-21(16-22)9-10-26(34)32-14-11-20(12-15-32)6-3-13-30-28(35)24-17-23-19-31-25-7-2-8-27(36-24)33(23)25;/h1-2,4-5,7-10,16-17,19-20H,3,6,11-15H2,(H,30,35);1H/b10-9+;. The van der Waals surface area contributed by atoms with Gasteiger partial charge in [-0.15, -0.1) is 12.4 Å². The van der Waals surface area contributed by atoms with Gasteiger partial charge in [0.2, 0.25) is 5.91 Å². The molecule has 2 amide bonds. The Morgan fingerprint density at radius 3 is 2.81 bits per heavy atom. The number of nitrogens with one attached hydrogen (secondary N) is 1. The fraction of sp³-hybridized carbons (Fsp3) is 0.286. The summed E-state index contributed by atoms with van der Waals surface area (Å²) in [5, 5.41) is 13.1. The highest BCUT2D eigenvalue weighted by atomic mass is 35.5. The molecule has 0 aliphatic carbocycles. The van der Waals surface area contributed by atoms with Crippen molar-refractivity contribution >= 4 is 53.8 Å². The summed E-state index contributed by atoms with van der Waals surface area (Å²) >= 11 is 1.47. The van der Waals surface area contributed by atoms with Crippen LogP contribution < -0.4 is 5.32 Å². The first kappa shape index (κ1) is 26.5. The van der Waals surface area contributed by atoms with Crippen LogP contribution in [0.15, 0.2) is 64.7 Å². The van der Waals surface area contributed by atoms with Crippen molar-refractivity contribution in [2.45, 2.75) is 30.7 Å². The van der Waals surface area contributed by atoms with Gasteiger partial charge in [-0.1, -0.05) is 30.0 Å². The molecule has 1 aromatic carbocycles. The molecular formula is C28H28ClN5O2S. The van der Waals surface area contributed by atoms with Gasteiger partial charge in [0, 0.05) is 25.7 Å². The maximum atomic E-state index is 12.7. The summed E-state index contributed by atoms with van der Waals surface area (Å²) in [5.41, 5.74) is 3.25. The molecule has 2 aromatic heterocycles. The Balaban J connectivity index is 0.00000320. The van der Waals surface area contributed by atoms with E-state index < -0.39 is 0 Å². The van der Waals surface area contributed by atoms with Crippen molar-refractivity contribution in [3.8, 4) is 6.07 Å². The van der Waals surface area contributed by atoms with E-state index in [4.69, 9.17) is 5.26 Å². The summed E-state index contributed by atoms with van der Waals surface area (Å²) in [7, 11) is 0. The zero-order chi connectivity index (χ0) is 24.9. The smallest absolute Gasteiger partial charge is 0.258 e. The number of carbonyl (C=O) groups is 2. The van der Waals surface area contributed by atoms with Gasteiger partial charge >= 0.3 is 0 Å². The number of amides is 2. The van der Waals surface area contributed by atoms with Crippen LogP contribution in [0.2, 0.25) is 0 Å². The molecular weight excluding hydrogens is 506 g/mol. The predicted octanol–water partition coefficient (Wildman–Crippen LogP) is 4.92. The van der Waals surface area contributed by atoms with Crippen molar-refractivity contribution in [2.24, 2.45) is 5.92 Å². The van der Waals surface area contributed by atoms with Gasteiger partial charge in [0.1, 0.15) is 5.65 Å². The molecule has 1 fully saturated rings. The SMILES string of the molecule is Cl.N#Cc1cccc(/C=C/C(=O)N2CCC(CCCNC(=O)C3=Cc4cnc5cccc(n45)S3)CC2)c1. The minimum absolute atomic E-state index is 0. The number of pyridine rings is 1. The molecule has 4 heterocycles. The van der Waals surface area contributed by atoms with Gasteiger partial charge in [-0.25, -0.2) is 4.98 Å². The van der Waals surface area contributed by atoms with Crippen LogP contribution in [0.4, 0.5) is 0 Å². The highest BCUT2D eigenvalue weighted by molar-refractivity contribution is 8.04. The Hall–Kier alpha value is -3.54. The lowest BCUT2D eigenvalue weighted by Gasteiger charge is -2.31. The number of imidazole rings is 1. The molecule has 190 valence electrons. The first-order valence-corrected chi connectivity index (χ1v) is 13.0. The van der Waals surface area contributed by atoms with Crippen molar-refractivity contribution in [1.82, 2.24) is 19.6 Å². The third-order valence-electron chi connectivity index (χ3n) is 6.67. The van der Waals surface area contributed by atoms with E-state index in [1.165, 1.54) is 11.8 Å². The van der Waals surface area contributed by atoms with Gasteiger partial charge < -0.3 is 10.2 Å². The second-order valence-electron chi connectivity index (χ2n) is 9.09. The number of benzene rings is 1. The number of nitrogens with zero attached hydrogens (tertiary/aromatic N) is 4. The molecule has 9 heteroatoms. The number of piperidine rings is 1. The third-order valence-corrected chi connectivity index (χ3v) is 7.72. The number of rotatable bonds is 7. The summed E-state index contributed by atoms with van der Waals surface area (Å²) < 4.78 is 2.06. The molecule has 7 nitrogen and oxygen atoms in total. The van der Waals surface area contributed by atoms with E-state index in [2.05, 4.69) is 20.8 Å². The van der Waals surface area contributed by atoms with E-state index in [1.807, 2.05) is 41.3 Å². The van der Waals surface area contributed by atoms with Gasteiger partial charge in [0.25, 0.3) is 5.91 Å². The Kier molecular flexibility index (Phi) is 8.70. The largest absolute Gasteiger partial charge is 0.352 e. The van der Waals surface area contributed by atoms with Crippen molar-refractivity contribution in [1.29, 1.82) is 5.26 Å². The van der Waals surface area contributed by atoms with Crippen LogP contribution in [-0.2, 0) is 9.59 Å². The molecule has 0 unspecified atom stereocenters. The van der Waals surface area contributed by atoms with Crippen LogP contribution in [0.1, 0.15) is 42.5 Å². The maximum absolute atomic E-state index is 12.7. The van der Waals surface area contributed by atoms with E-state index in [0.29, 0.717) is 22.9 Å². The molecule has 0 atom stereocenters. The first-order valence-electron chi connectivity index (χ1n) is 12.2. The fourth-order valence-electron chi connectivity index (χ4n) is 4.71. The van der Waals surface area contributed by atoms with Crippen molar-refractivity contribution < 1.29 is 9.59 Å². The average molecular weight is 534 g/mol. The number of aromatic nitrogens is 2. The predicted molar refractivity (Wildman–Crippen MR) is 148 cm³/mol. The Morgan fingerprint density at radius 2 is 2.00 bits per heavy atom. The number of hydrogen-bond donors (Lipinski definition) is 1. The minimum Gasteiger partial charge on any atom is -0.352 e. The van der Waals surface area contributed by atoms with Crippen molar-refractivity contribution in [3.05, 3.63) is 76.5 Å². The van der Waals surface area contributed by atoms with Crippen LogP contribution >= 0.6 is 24.2 Å². The molecule has 1 saturated heterocycles. The van der Waals surface area contributed by atoms with Gasteiger partial charge in [-0.2, -0.15) is 5.26 Å². The van der Waals surface area contributed by atoms with E-state index >= 15 is 0 Å². The topological polar surface area (TPSA) is 90.5 Å². The van der Waals surface area contributed by atoms with Crippen LogP contribution in [0, 0.1) is 17.2 Å². The summed E-state index contributed by atoms with van der Waals surface area (Å²) in [4.78, 5) is 32.2. The first-order chi connectivity index (χ1) is 17.6. The number of thioether (sulfide) groups is 1. The maximum Gasteiger partial charge on any atom is 0.258 e. The third kappa shape index (κ3) is 6.24. The summed E-state index contributed by atoms with van der Waals surface area (Å²) in [6.45, 7) is 2.15. The summed E-state index contributed by atoms with van der Waals surface area (Å²) in [6, 6.07) is 15.3. The zero-order valence-electron chi connectivity index (χ0n) is 20.3. The number of likely N-dealkylation sites (tertiary alicyclic amines) is 1. The molecule has 5 rings (SSSR count). The molecule has 0 radical (unpaired) electrons. The lowest BCUT2D eigenvalue weighted by atomic mass is 9.92. The van der Waals surface area contributed by atoms with Gasteiger partial charge in [0.05, 0.1) is 33.5 Å². The Labute approximate surface area is 226 Å². The van der Waals surface area contributed by atoms with Crippen LogP contribution in [-0.4, -0.2) is 45.7 Å². The number of halogens is 1. The summed E-state index contributed by atoms with van der Waals surface area (Å²) in [6.07, 6.45) is 11.0. The average Bonchev–Trinajstić information content (AvgIpc) is 3.34. The molecule has 0 bridgehead atoms. The number of hydrogen-bond acceptors (Lipinski definition) is 5. The van der Waals surface area contributed by atoms with Crippen LogP contribution in [0.5, 0.6) is 0 Å². The number of carbonyl (C=O) groups excluding carboxylic acids is 2. The van der Waals surface area contributed by atoms with Crippen LogP contribution in [0.25, 0.3) is 17.8 Å². The zero-order valence-corrected chi connectivity index (χ0v) is 21.9. The Bertz CT molecular complexity index is 1400. The highest BCUT2D eigenvalue weighted by Crippen LogP contribution is 2.34. The quantitative estimate of drug-likeness (QED) is 0.344. The molecule has 1 N–H and O–H groups in total. The van der Waals surface area contributed by atoms with E-state index in [0.717, 1.165) is 60.7 Å². The monoisotopic (exact) mass is 533 g/mol.